The predicted molar refractivity (Wildman–Crippen MR) is 102 cm³/mol. The Bertz CT molecular complexity index is 699. The molecule has 134 valence electrons. The average Bonchev–Trinajstić information content (AvgIpc) is 2.54. The number of carbonyl (C=O) groups excluding carboxylic acids is 1. The highest BCUT2D eigenvalue weighted by atomic mass is 16.5. The summed E-state index contributed by atoms with van der Waals surface area (Å²) in [5, 5.41) is 5.98. The van der Waals surface area contributed by atoms with E-state index >= 15 is 0 Å². The van der Waals surface area contributed by atoms with Gasteiger partial charge in [0, 0.05) is 11.8 Å². The molecule has 2 N–H and O–H groups in total. The van der Waals surface area contributed by atoms with Crippen LogP contribution in [0.5, 0.6) is 11.5 Å². The van der Waals surface area contributed by atoms with Crippen molar-refractivity contribution in [1.82, 2.24) is 0 Å². The van der Waals surface area contributed by atoms with E-state index in [1.807, 2.05) is 76.2 Å². The third-order valence-corrected chi connectivity index (χ3v) is 3.18. The molecule has 0 aliphatic rings. The van der Waals surface area contributed by atoms with Gasteiger partial charge in [-0.25, -0.2) is 0 Å². The van der Waals surface area contributed by atoms with Gasteiger partial charge in [-0.1, -0.05) is 18.2 Å². The zero-order valence-electron chi connectivity index (χ0n) is 15.2. The second-order valence-electron chi connectivity index (χ2n) is 6.26. The Morgan fingerprint density at radius 2 is 1.68 bits per heavy atom. The second-order valence-corrected chi connectivity index (χ2v) is 6.26. The van der Waals surface area contributed by atoms with Crippen LogP contribution < -0.4 is 20.1 Å². The summed E-state index contributed by atoms with van der Waals surface area (Å²) in [7, 11) is 0. The summed E-state index contributed by atoms with van der Waals surface area (Å²) >= 11 is 0. The molecule has 0 saturated heterocycles. The molecule has 0 heterocycles. The first kappa shape index (κ1) is 18.6. The largest absolute Gasteiger partial charge is 0.491 e. The molecule has 0 radical (unpaired) electrons. The molecule has 0 spiro atoms. The smallest absolute Gasteiger partial charge is 0.243 e. The van der Waals surface area contributed by atoms with Crippen molar-refractivity contribution < 1.29 is 14.3 Å². The van der Waals surface area contributed by atoms with Crippen molar-refractivity contribution in [3.05, 3.63) is 48.5 Å². The number of para-hydroxylation sites is 2. The van der Waals surface area contributed by atoms with Crippen LogP contribution in [-0.2, 0) is 4.79 Å². The molecule has 2 aromatic carbocycles. The predicted octanol–water partition coefficient (Wildman–Crippen LogP) is 4.31. The van der Waals surface area contributed by atoms with Crippen LogP contribution in [0.3, 0.4) is 0 Å². The molecule has 0 aromatic heterocycles. The topological polar surface area (TPSA) is 59.6 Å². The number of amides is 1. The zero-order chi connectivity index (χ0) is 18.2. The van der Waals surface area contributed by atoms with Crippen molar-refractivity contribution in [3.8, 4) is 11.5 Å². The van der Waals surface area contributed by atoms with Crippen LogP contribution in [-0.4, -0.2) is 24.7 Å². The lowest BCUT2D eigenvalue weighted by Gasteiger charge is -2.15. The van der Waals surface area contributed by atoms with Crippen LogP contribution in [0.25, 0.3) is 0 Å². The van der Waals surface area contributed by atoms with E-state index in [0.29, 0.717) is 11.4 Å². The molecule has 0 fully saturated rings. The van der Waals surface area contributed by atoms with E-state index in [4.69, 9.17) is 9.47 Å². The van der Waals surface area contributed by atoms with Crippen LogP contribution >= 0.6 is 0 Å². The minimum absolute atomic E-state index is 0.0416. The minimum atomic E-state index is -0.144. The van der Waals surface area contributed by atoms with Gasteiger partial charge in [-0.2, -0.15) is 0 Å². The molecule has 2 rings (SSSR count). The molecule has 1 amide bonds. The van der Waals surface area contributed by atoms with E-state index in [-0.39, 0.29) is 24.7 Å². The van der Waals surface area contributed by atoms with Crippen molar-refractivity contribution in [3.63, 3.8) is 0 Å². The van der Waals surface area contributed by atoms with Crippen molar-refractivity contribution in [2.24, 2.45) is 0 Å². The van der Waals surface area contributed by atoms with Crippen LogP contribution in [0.2, 0.25) is 0 Å². The first-order valence-corrected chi connectivity index (χ1v) is 8.50. The summed E-state index contributed by atoms with van der Waals surface area (Å²) in [5.74, 6) is 1.30. The Balaban J connectivity index is 1.93. The summed E-state index contributed by atoms with van der Waals surface area (Å²) in [5.41, 5.74) is 1.50. The van der Waals surface area contributed by atoms with Gasteiger partial charge in [-0.05, 0) is 52.0 Å². The quantitative estimate of drug-likeness (QED) is 0.750. The molecule has 0 aliphatic heterocycles. The third-order valence-electron chi connectivity index (χ3n) is 3.18. The fourth-order valence-electron chi connectivity index (χ4n) is 2.25. The maximum atomic E-state index is 12.2. The van der Waals surface area contributed by atoms with E-state index in [1.165, 1.54) is 0 Å². The van der Waals surface area contributed by atoms with E-state index in [1.54, 1.807) is 0 Å². The molecule has 0 unspecified atom stereocenters. The fraction of sp³-hybridized carbons (Fsp3) is 0.350. The summed E-state index contributed by atoms with van der Waals surface area (Å²) in [4.78, 5) is 12.2. The van der Waals surface area contributed by atoms with E-state index in [0.717, 1.165) is 11.4 Å². The summed E-state index contributed by atoms with van der Waals surface area (Å²) in [6, 6.07) is 15.0. The van der Waals surface area contributed by atoms with Gasteiger partial charge in [-0.3, -0.25) is 4.79 Å². The molecule has 2 aromatic rings. The second kappa shape index (κ2) is 8.97. The lowest BCUT2D eigenvalue weighted by atomic mass is 10.2. The Morgan fingerprint density at radius 3 is 2.40 bits per heavy atom. The molecule has 5 heteroatoms. The van der Waals surface area contributed by atoms with Crippen LogP contribution in [0, 0.1) is 0 Å². The highest BCUT2D eigenvalue weighted by molar-refractivity contribution is 5.95. The number of ether oxygens (including phenoxy) is 2. The van der Waals surface area contributed by atoms with Crippen molar-refractivity contribution in [1.29, 1.82) is 0 Å². The molecule has 0 aliphatic carbocycles. The van der Waals surface area contributed by atoms with Gasteiger partial charge in [0.15, 0.2) is 0 Å². The van der Waals surface area contributed by atoms with Crippen LogP contribution in [0.1, 0.15) is 27.7 Å². The number of nitrogens with one attached hydrogen (secondary N) is 2. The van der Waals surface area contributed by atoms with Gasteiger partial charge in [0.25, 0.3) is 0 Å². The van der Waals surface area contributed by atoms with Gasteiger partial charge in [0.1, 0.15) is 11.5 Å². The summed E-state index contributed by atoms with van der Waals surface area (Å²) in [6.45, 7) is 8.01. The molecular formula is C20H26N2O3. The SMILES string of the molecule is CC(C)Oc1cccc(NCC(=O)Nc2ccccc2OC(C)C)c1. The molecular weight excluding hydrogens is 316 g/mol. The number of rotatable bonds is 8. The van der Waals surface area contributed by atoms with Gasteiger partial charge >= 0.3 is 0 Å². The van der Waals surface area contributed by atoms with E-state index < -0.39 is 0 Å². The number of hydrogen-bond acceptors (Lipinski definition) is 4. The maximum absolute atomic E-state index is 12.2. The normalized spacial score (nSPS) is 10.6. The highest BCUT2D eigenvalue weighted by Crippen LogP contribution is 2.25. The number of carbonyl (C=O) groups is 1. The van der Waals surface area contributed by atoms with Crippen molar-refractivity contribution >= 4 is 17.3 Å². The average molecular weight is 342 g/mol. The number of benzene rings is 2. The molecule has 25 heavy (non-hydrogen) atoms. The van der Waals surface area contributed by atoms with E-state index in [2.05, 4.69) is 10.6 Å². The Morgan fingerprint density at radius 1 is 0.960 bits per heavy atom. The number of hydrogen-bond donors (Lipinski definition) is 2. The van der Waals surface area contributed by atoms with Gasteiger partial charge in [0.05, 0.1) is 24.4 Å². The molecule has 0 saturated carbocycles. The van der Waals surface area contributed by atoms with Gasteiger partial charge in [0.2, 0.25) is 5.91 Å². The lowest BCUT2D eigenvalue weighted by molar-refractivity contribution is -0.114. The van der Waals surface area contributed by atoms with Gasteiger partial charge in [-0.15, -0.1) is 0 Å². The highest BCUT2D eigenvalue weighted by Gasteiger charge is 2.09. The van der Waals surface area contributed by atoms with Crippen molar-refractivity contribution in [2.45, 2.75) is 39.9 Å². The van der Waals surface area contributed by atoms with Crippen LogP contribution in [0.4, 0.5) is 11.4 Å². The standard InChI is InChI=1S/C20H26N2O3/c1-14(2)24-17-9-7-8-16(12-17)21-13-20(23)22-18-10-5-6-11-19(18)25-15(3)4/h5-12,14-15,21H,13H2,1-4H3,(H,22,23). The van der Waals surface area contributed by atoms with Gasteiger partial charge < -0.3 is 20.1 Å². The van der Waals surface area contributed by atoms with E-state index in [9.17, 15) is 4.79 Å². The third kappa shape index (κ3) is 6.37. The maximum Gasteiger partial charge on any atom is 0.243 e. The Labute approximate surface area is 149 Å². The Hall–Kier alpha value is -2.69. The lowest BCUT2D eigenvalue weighted by Crippen LogP contribution is -2.22. The molecule has 0 atom stereocenters. The monoisotopic (exact) mass is 342 g/mol. The first-order chi connectivity index (χ1) is 11.9. The zero-order valence-corrected chi connectivity index (χ0v) is 15.2. The molecule has 5 nitrogen and oxygen atoms in total. The fourth-order valence-corrected chi connectivity index (χ4v) is 2.25. The first-order valence-electron chi connectivity index (χ1n) is 8.50. The van der Waals surface area contributed by atoms with Crippen molar-refractivity contribution in [2.75, 3.05) is 17.2 Å². The summed E-state index contributed by atoms with van der Waals surface area (Å²) < 4.78 is 11.4. The Kier molecular flexibility index (Phi) is 6.69. The molecule has 0 bridgehead atoms. The minimum Gasteiger partial charge on any atom is -0.491 e. The summed E-state index contributed by atoms with van der Waals surface area (Å²) in [6.07, 6.45) is 0.149. The number of anilines is 2. The van der Waals surface area contributed by atoms with Crippen LogP contribution in [0.15, 0.2) is 48.5 Å².